The highest BCUT2D eigenvalue weighted by Crippen LogP contribution is 2.31. The molecule has 2 aromatic heterocycles. The van der Waals surface area contributed by atoms with Gasteiger partial charge in [-0.2, -0.15) is 0 Å². The van der Waals surface area contributed by atoms with Gasteiger partial charge in [0, 0.05) is 25.3 Å². The molecule has 0 atom stereocenters. The van der Waals surface area contributed by atoms with Gasteiger partial charge in [0.15, 0.2) is 0 Å². The number of amides is 1. The van der Waals surface area contributed by atoms with Gasteiger partial charge in [0.1, 0.15) is 0 Å². The molecular weight excluding hydrogens is 380 g/mol. The standard InChI is InChI=1S/C15H13BrN4O2S/c1-20(2)10-5-3-9(4-6-10)13(21)17-15-19-18-14(22-15)11-7-8-12(16)23-11/h3-8H,1-2H3,(H,17,19,21). The summed E-state index contributed by atoms with van der Waals surface area (Å²) in [6.45, 7) is 0. The van der Waals surface area contributed by atoms with Crippen LogP contribution in [0.15, 0.2) is 44.6 Å². The molecule has 0 bridgehead atoms. The number of nitrogens with one attached hydrogen (secondary N) is 1. The van der Waals surface area contributed by atoms with E-state index in [0.29, 0.717) is 11.5 Å². The summed E-state index contributed by atoms with van der Waals surface area (Å²) in [4.78, 5) is 15.0. The van der Waals surface area contributed by atoms with Crippen molar-refractivity contribution < 1.29 is 9.21 Å². The first-order valence-electron chi connectivity index (χ1n) is 6.71. The number of rotatable bonds is 4. The minimum Gasteiger partial charge on any atom is -0.402 e. The van der Waals surface area contributed by atoms with Crippen molar-refractivity contribution in [2.75, 3.05) is 24.3 Å². The first kappa shape index (κ1) is 15.7. The topological polar surface area (TPSA) is 71.3 Å². The SMILES string of the molecule is CN(C)c1ccc(C(=O)Nc2nnc(-c3ccc(Br)s3)o2)cc1. The van der Waals surface area contributed by atoms with Gasteiger partial charge in [-0.25, -0.2) is 0 Å². The molecule has 0 saturated carbocycles. The summed E-state index contributed by atoms with van der Waals surface area (Å²) in [7, 11) is 3.88. The predicted octanol–water partition coefficient (Wildman–Crippen LogP) is 3.88. The van der Waals surface area contributed by atoms with E-state index in [9.17, 15) is 4.79 Å². The summed E-state index contributed by atoms with van der Waals surface area (Å²) in [5.74, 6) is 0.0804. The summed E-state index contributed by atoms with van der Waals surface area (Å²) >= 11 is 4.86. The third-order valence-electron chi connectivity index (χ3n) is 3.08. The van der Waals surface area contributed by atoms with E-state index in [0.717, 1.165) is 14.4 Å². The van der Waals surface area contributed by atoms with Crippen LogP contribution in [0.25, 0.3) is 10.8 Å². The normalized spacial score (nSPS) is 10.6. The van der Waals surface area contributed by atoms with Crippen molar-refractivity contribution >= 4 is 44.9 Å². The van der Waals surface area contributed by atoms with Crippen LogP contribution in [0.2, 0.25) is 0 Å². The van der Waals surface area contributed by atoms with Crippen molar-refractivity contribution in [1.82, 2.24) is 10.2 Å². The molecule has 6 nitrogen and oxygen atoms in total. The first-order valence-corrected chi connectivity index (χ1v) is 8.32. The molecule has 0 fully saturated rings. The first-order chi connectivity index (χ1) is 11.0. The Kier molecular flexibility index (Phi) is 4.44. The van der Waals surface area contributed by atoms with Crippen molar-refractivity contribution in [3.63, 3.8) is 0 Å². The second-order valence-electron chi connectivity index (χ2n) is 4.91. The van der Waals surface area contributed by atoms with E-state index >= 15 is 0 Å². The van der Waals surface area contributed by atoms with Crippen LogP contribution in [0.5, 0.6) is 0 Å². The Bertz CT molecular complexity index is 826. The number of thiophene rings is 1. The fraction of sp³-hybridized carbons (Fsp3) is 0.133. The highest BCUT2D eigenvalue weighted by molar-refractivity contribution is 9.11. The molecule has 3 aromatic rings. The van der Waals surface area contributed by atoms with Gasteiger partial charge in [-0.15, -0.1) is 16.4 Å². The van der Waals surface area contributed by atoms with Crippen molar-refractivity contribution in [3.8, 4) is 10.8 Å². The van der Waals surface area contributed by atoms with Crippen LogP contribution in [-0.2, 0) is 0 Å². The fourth-order valence-electron chi connectivity index (χ4n) is 1.88. The molecule has 0 unspecified atom stereocenters. The van der Waals surface area contributed by atoms with Crippen molar-refractivity contribution in [2.24, 2.45) is 0 Å². The van der Waals surface area contributed by atoms with Gasteiger partial charge in [-0.1, -0.05) is 5.10 Å². The summed E-state index contributed by atoms with van der Waals surface area (Å²) in [6, 6.07) is 11.1. The summed E-state index contributed by atoms with van der Waals surface area (Å²) in [5.41, 5.74) is 1.54. The molecule has 0 aliphatic rings. The summed E-state index contributed by atoms with van der Waals surface area (Å²) in [6.07, 6.45) is 0. The maximum absolute atomic E-state index is 12.2. The lowest BCUT2D eigenvalue weighted by Gasteiger charge is -2.12. The van der Waals surface area contributed by atoms with E-state index in [-0.39, 0.29) is 11.9 Å². The molecule has 3 rings (SSSR count). The molecular formula is C15H13BrN4O2S. The number of aromatic nitrogens is 2. The van der Waals surface area contributed by atoms with Gasteiger partial charge >= 0.3 is 6.01 Å². The zero-order valence-electron chi connectivity index (χ0n) is 12.4. The smallest absolute Gasteiger partial charge is 0.322 e. The maximum Gasteiger partial charge on any atom is 0.322 e. The number of nitrogens with zero attached hydrogens (tertiary/aromatic N) is 3. The lowest BCUT2D eigenvalue weighted by atomic mass is 10.2. The van der Waals surface area contributed by atoms with Gasteiger partial charge in [0.05, 0.1) is 8.66 Å². The molecule has 2 heterocycles. The molecule has 0 aliphatic heterocycles. The Morgan fingerprint density at radius 1 is 1.17 bits per heavy atom. The molecule has 0 radical (unpaired) electrons. The van der Waals surface area contributed by atoms with Gasteiger partial charge in [-0.05, 0) is 52.3 Å². The van der Waals surface area contributed by atoms with Crippen molar-refractivity contribution in [3.05, 3.63) is 45.7 Å². The zero-order valence-corrected chi connectivity index (χ0v) is 14.8. The molecule has 0 aliphatic carbocycles. The van der Waals surface area contributed by atoms with Crippen LogP contribution in [0, 0.1) is 0 Å². The molecule has 1 aromatic carbocycles. The molecule has 8 heteroatoms. The van der Waals surface area contributed by atoms with E-state index in [1.54, 1.807) is 12.1 Å². The molecule has 118 valence electrons. The van der Waals surface area contributed by atoms with Gasteiger partial charge in [-0.3, -0.25) is 10.1 Å². The van der Waals surface area contributed by atoms with Crippen LogP contribution in [0.3, 0.4) is 0 Å². The second-order valence-corrected chi connectivity index (χ2v) is 7.37. The van der Waals surface area contributed by atoms with E-state index in [1.165, 1.54) is 11.3 Å². The number of hydrogen-bond acceptors (Lipinski definition) is 6. The Morgan fingerprint density at radius 2 is 1.91 bits per heavy atom. The average molecular weight is 393 g/mol. The second kappa shape index (κ2) is 6.51. The van der Waals surface area contributed by atoms with E-state index < -0.39 is 0 Å². The van der Waals surface area contributed by atoms with Gasteiger partial charge in [0.2, 0.25) is 0 Å². The Hall–Kier alpha value is -2.19. The third kappa shape index (κ3) is 3.59. The molecule has 1 N–H and O–H groups in total. The van der Waals surface area contributed by atoms with Crippen LogP contribution < -0.4 is 10.2 Å². The lowest BCUT2D eigenvalue weighted by molar-refractivity contribution is 0.102. The minimum atomic E-state index is -0.294. The fourth-order valence-corrected chi connectivity index (χ4v) is 3.19. The summed E-state index contributed by atoms with van der Waals surface area (Å²) < 4.78 is 6.43. The van der Waals surface area contributed by atoms with Gasteiger partial charge < -0.3 is 9.32 Å². The highest BCUT2D eigenvalue weighted by atomic mass is 79.9. The van der Waals surface area contributed by atoms with Crippen LogP contribution >= 0.6 is 27.3 Å². The largest absolute Gasteiger partial charge is 0.402 e. The Morgan fingerprint density at radius 3 is 2.52 bits per heavy atom. The number of halogens is 1. The Balaban J connectivity index is 1.72. The number of carbonyl (C=O) groups is 1. The zero-order chi connectivity index (χ0) is 16.4. The van der Waals surface area contributed by atoms with Gasteiger partial charge in [0.25, 0.3) is 11.8 Å². The predicted molar refractivity (Wildman–Crippen MR) is 94.0 cm³/mol. The van der Waals surface area contributed by atoms with Crippen LogP contribution in [-0.4, -0.2) is 30.2 Å². The minimum absolute atomic E-state index is 0.0752. The van der Waals surface area contributed by atoms with Crippen molar-refractivity contribution in [1.29, 1.82) is 0 Å². The molecule has 23 heavy (non-hydrogen) atoms. The third-order valence-corrected chi connectivity index (χ3v) is 4.69. The number of benzene rings is 1. The van der Waals surface area contributed by atoms with Crippen LogP contribution in [0.4, 0.5) is 11.7 Å². The maximum atomic E-state index is 12.2. The monoisotopic (exact) mass is 392 g/mol. The quantitative estimate of drug-likeness (QED) is 0.729. The van der Waals surface area contributed by atoms with Crippen molar-refractivity contribution in [2.45, 2.75) is 0 Å². The lowest BCUT2D eigenvalue weighted by Crippen LogP contribution is -2.13. The van der Waals surface area contributed by atoms with E-state index in [2.05, 4.69) is 31.4 Å². The molecule has 0 spiro atoms. The Labute approximate surface area is 145 Å². The summed E-state index contributed by atoms with van der Waals surface area (Å²) in [5, 5.41) is 10.4. The molecule has 0 saturated heterocycles. The van der Waals surface area contributed by atoms with E-state index in [1.807, 2.05) is 43.3 Å². The number of hydrogen-bond donors (Lipinski definition) is 1. The van der Waals surface area contributed by atoms with E-state index in [4.69, 9.17) is 4.42 Å². The highest BCUT2D eigenvalue weighted by Gasteiger charge is 2.14. The average Bonchev–Trinajstić information content (AvgIpc) is 3.16. The number of anilines is 2. The molecule has 1 amide bonds. The number of carbonyl (C=O) groups excluding carboxylic acids is 1. The van der Waals surface area contributed by atoms with Crippen LogP contribution in [0.1, 0.15) is 10.4 Å².